The Hall–Kier alpha value is -3.36. The molecule has 3 amide bonds. The van der Waals surface area contributed by atoms with Crippen LogP contribution in [0, 0.1) is 0 Å². The molecule has 3 rings (SSSR count). The Labute approximate surface area is 209 Å². The Kier molecular flexibility index (Phi) is 10.1. The lowest BCUT2D eigenvalue weighted by atomic mass is 10.0. The van der Waals surface area contributed by atoms with E-state index in [1.165, 1.54) is 0 Å². The largest absolute Gasteiger partial charge is 0.361 e. The molecule has 2 aromatic carbocycles. The number of benzene rings is 2. The van der Waals surface area contributed by atoms with Crippen molar-refractivity contribution in [3.63, 3.8) is 0 Å². The van der Waals surface area contributed by atoms with Crippen LogP contribution in [0.3, 0.4) is 0 Å². The molecule has 0 saturated heterocycles. The number of fused-ring (bicyclic) bond motifs is 1. The zero-order valence-corrected chi connectivity index (χ0v) is 20.2. The monoisotopic (exact) mass is 498 g/mol. The van der Waals surface area contributed by atoms with Crippen LogP contribution in [0.25, 0.3) is 10.9 Å². The van der Waals surface area contributed by atoms with E-state index < -0.39 is 6.04 Å². The molecule has 0 aliphatic rings. The summed E-state index contributed by atoms with van der Waals surface area (Å²) in [4.78, 5) is 40.0. The minimum atomic E-state index is -0.741. The van der Waals surface area contributed by atoms with E-state index in [0.29, 0.717) is 36.4 Å². The van der Waals surface area contributed by atoms with E-state index in [0.717, 1.165) is 35.7 Å². The van der Waals surface area contributed by atoms with Crippen molar-refractivity contribution in [1.82, 2.24) is 15.8 Å². The van der Waals surface area contributed by atoms with Gasteiger partial charge < -0.3 is 15.6 Å². The number of carbonyl (C=O) groups excluding carboxylic acids is 3. The summed E-state index contributed by atoms with van der Waals surface area (Å²) in [7, 11) is 0. The summed E-state index contributed by atoms with van der Waals surface area (Å²) in [6.07, 6.45) is 6.79. The highest BCUT2D eigenvalue weighted by atomic mass is 35.5. The average Bonchev–Trinajstić information content (AvgIpc) is 3.27. The number of aromatic amines is 1. The van der Waals surface area contributed by atoms with Gasteiger partial charge in [0.1, 0.15) is 6.04 Å². The van der Waals surface area contributed by atoms with Gasteiger partial charge in [-0.2, -0.15) is 0 Å². The third-order valence-corrected chi connectivity index (χ3v) is 6.05. The number of hydrogen-bond donors (Lipinski definition) is 5. The Morgan fingerprint density at radius 1 is 0.886 bits per heavy atom. The third-order valence-electron chi connectivity index (χ3n) is 5.79. The lowest BCUT2D eigenvalue weighted by Crippen LogP contribution is -2.45. The summed E-state index contributed by atoms with van der Waals surface area (Å²) in [5.41, 5.74) is 4.15. The van der Waals surface area contributed by atoms with E-state index >= 15 is 0 Å². The number of carbonyl (C=O) groups is 3. The second-order valence-corrected chi connectivity index (χ2v) is 8.92. The van der Waals surface area contributed by atoms with Crippen LogP contribution in [0.2, 0.25) is 5.02 Å². The molecule has 1 unspecified atom stereocenters. The molecule has 0 aliphatic heterocycles. The van der Waals surface area contributed by atoms with Crippen LogP contribution >= 0.6 is 11.6 Å². The van der Waals surface area contributed by atoms with Gasteiger partial charge in [0.25, 0.3) is 0 Å². The molecule has 0 radical (unpaired) electrons. The van der Waals surface area contributed by atoms with Crippen molar-refractivity contribution in [3.05, 3.63) is 65.3 Å². The number of hydroxylamine groups is 1. The second-order valence-electron chi connectivity index (χ2n) is 8.48. The molecule has 0 aliphatic carbocycles. The van der Waals surface area contributed by atoms with E-state index in [2.05, 4.69) is 15.6 Å². The maximum Gasteiger partial charge on any atom is 0.247 e. The molecule has 1 heterocycles. The summed E-state index contributed by atoms with van der Waals surface area (Å²) < 4.78 is 0. The summed E-state index contributed by atoms with van der Waals surface area (Å²) >= 11 is 5.94. The van der Waals surface area contributed by atoms with Crippen molar-refractivity contribution >= 4 is 45.9 Å². The van der Waals surface area contributed by atoms with E-state index in [1.807, 2.05) is 30.5 Å². The van der Waals surface area contributed by atoms with E-state index in [-0.39, 0.29) is 24.1 Å². The fraction of sp³-hybridized carbons (Fsp3) is 0.346. The molecule has 0 spiro atoms. The molecule has 9 heteroatoms. The van der Waals surface area contributed by atoms with Gasteiger partial charge in [-0.3, -0.25) is 19.6 Å². The van der Waals surface area contributed by atoms with Gasteiger partial charge in [0.05, 0.1) is 0 Å². The van der Waals surface area contributed by atoms with E-state index in [1.54, 1.807) is 29.7 Å². The second kappa shape index (κ2) is 13.5. The summed E-state index contributed by atoms with van der Waals surface area (Å²) in [6, 6.07) is 13.9. The molecule has 0 bridgehead atoms. The molecule has 186 valence electrons. The molecule has 35 heavy (non-hydrogen) atoms. The number of para-hydroxylation sites is 1. The van der Waals surface area contributed by atoms with Gasteiger partial charge in [0.15, 0.2) is 0 Å². The number of amides is 3. The molecule has 1 aromatic heterocycles. The topological polar surface area (TPSA) is 123 Å². The number of halogens is 1. The Balaban J connectivity index is 1.56. The highest BCUT2D eigenvalue weighted by Crippen LogP contribution is 2.20. The van der Waals surface area contributed by atoms with Crippen molar-refractivity contribution < 1.29 is 19.6 Å². The first-order valence-corrected chi connectivity index (χ1v) is 12.2. The fourth-order valence-corrected chi connectivity index (χ4v) is 4.04. The van der Waals surface area contributed by atoms with Crippen molar-refractivity contribution in [1.29, 1.82) is 0 Å². The first-order chi connectivity index (χ1) is 17.0. The first-order valence-electron chi connectivity index (χ1n) is 11.8. The Morgan fingerprint density at radius 2 is 1.54 bits per heavy atom. The molecule has 0 saturated carbocycles. The SMILES string of the molecule is O=C(CCCCCCCC(=O)NC(Cc1c[nH]c2ccccc12)C(=O)Nc1ccc(Cl)cc1)NO. The molecular weight excluding hydrogens is 468 g/mol. The van der Waals surface area contributed by atoms with Crippen LogP contribution in [0.5, 0.6) is 0 Å². The minimum Gasteiger partial charge on any atom is -0.361 e. The molecule has 3 aromatic rings. The van der Waals surface area contributed by atoms with Gasteiger partial charge in [-0.05, 0) is 48.7 Å². The lowest BCUT2D eigenvalue weighted by molar-refractivity contribution is -0.129. The Morgan fingerprint density at radius 3 is 2.26 bits per heavy atom. The van der Waals surface area contributed by atoms with Crippen LogP contribution in [0.1, 0.15) is 50.5 Å². The smallest absolute Gasteiger partial charge is 0.247 e. The van der Waals surface area contributed by atoms with Gasteiger partial charge >= 0.3 is 0 Å². The number of rotatable bonds is 13. The van der Waals surface area contributed by atoms with E-state index in [9.17, 15) is 14.4 Å². The number of aromatic nitrogens is 1. The van der Waals surface area contributed by atoms with Crippen LogP contribution in [0.15, 0.2) is 54.7 Å². The van der Waals surface area contributed by atoms with Crippen molar-refractivity contribution in [2.45, 2.75) is 57.4 Å². The van der Waals surface area contributed by atoms with Crippen molar-refractivity contribution in [2.24, 2.45) is 0 Å². The van der Waals surface area contributed by atoms with Crippen LogP contribution in [-0.4, -0.2) is 34.0 Å². The number of unbranched alkanes of at least 4 members (excludes halogenated alkanes) is 4. The van der Waals surface area contributed by atoms with Gasteiger partial charge in [-0.1, -0.05) is 49.1 Å². The Bertz CT molecular complexity index is 1130. The number of H-pyrrole nitrogens is 1. The molecule has 8 nitrogen and oxygen atoms in total. The third kappa shape index (κ3) is 8.42. The predicted molar refractivity (Wildman–Crippen MR) is 136 cm³/mol. The van der Waals surface area contributed by atoms with Gasteiger partial charge in [-0.15, -0.1) is 0 Å². The van der Waals surface area contributed by atoms with Crippen LogP contribution in [0.4, 0.5) is 5.69 Å². The van der Waals surface area contributed by atoms with Gasteiger partial charge in [-0.25, -0.2) is 5.48 Å². The number of nitrogens with one attached hydrogen (secondary N) is 4. The van der Waals surface area contributed by atoms with Crippen molar-refractivity contribution in [2.75, 3.05) is 5.32 Å². The summed E-state index contributed by atoms with van der Waals surface area (Å²) in [6.45, 7) is 0. The van der Waals surface area contributed by atoms with Gasteiger partial charge in [0.2, 0.25) is 17.7 Å². The fourth-order valence-electron chi connectivity index (χ4n) is 3.92. The maximum absolute atomic E-state index is 13.1. The number of anilines is 1. The lowest BCUT2D eigenvalue weighted by Gasteiger charge is -2.19. The van der Waals surface area contributed by atoms with E-state index in [4.69, 9.17) is 16.8 Å². The summed E-state index contributed by atoms with van der Waals surface area (Å²) in [5, 5.41) is 15.9. The highest BCUT2D eigenvalue weighted by molar-refractivity contribution is 6.30. The minimum absolute atomic E-state index is 0.180. The average molecular weight is 499 g/mol. The zero-order chi connectivity index (χ0) is 25.0. The maximum atomic E-state index is 13.1. The molecule has 0 fully saturated rings. The number of hydrogen-bond acceptors (Lipinski definition) is 4. The quantitative estimate of drug-likeness (QED) is 0.133. The molecular formula is C26H31ClN4O4. The summed E-state index contributed by atoms with van der Waals surface area (Å²) in [5.74, 6) is -0.864. The van der Waals surface area contributed by atoms with Crippen molar-refractivity contribution in [3.8, 4) is 0 Å². The zero-order valence-electron chi connectivity index (χ0n) is 19.5. The normalized spacial score (nSPS) is 11.7. The molecule has 5 N–H and O–H groups in total. The van der Waals surface area contributed by atoms with Crippen LogP contribution < -0.4 is 16.1 Å². The highest BCUT2D eigenvalue weighted by Gasteiger charge is 2.22. The molecule has 1 atom stereocenters. The first kappa shape index (κ1) is 26.2. The van der Waals surface area contributed by atoms with Crippen LogP contribution in [-0.2, 0) is 20.8 Å². The predicted octanol–water partition coefficient (Wildman–Crippen LogP) is 4.72. The van der Waals surface area contributed by atoms with Gasteiger partial charge in [0, 0.05) is 47.1 Å². The standard InChI is InChI=1S/C26H31ClN4O4/c27-19-12-14-20(15-13-19)29-26(34)23(16-18-17-28-22-9-7-6-8-21(18)22)30-24(32)10-4-2-1-3-5-11-25(33)31-35/h6-9,12-15,17,23,28,35H,1-5,10-11,16H2,(H,29,34)(H,30,32)(H,31,33).